The number of nitrogens with zero attached hydrogens (tertiary/aromatic N) is 5. The molecule has 0 saturated carbocycles. The summed E-state index contributed by atoms with van der Waals surface area (Å²) >= 11 is 1.75. The van der Waals surface area contributed by atoms with E-state index in [1.54, 1.807) is 18.3 Å². The van der Waals surface area contributed by atoms with E-state index in [1.807, 2.05) is 38.8 Å². The normalized spacial score (nSPS) is 20.6. The summed E-state index contributed by atoms with van der Waals surface area (Å²) in [5.41, 5.74) is 5.13. The van der Waals surface area contributed by atoms with Crippen LogP contribution in [-0.4, -0.2) is 97.2 Å². The highest BCUT2D eigenvalue weighted by molar-refractivity contribution is 7.09. The first-order chi connectivity index (χ1) is 20.6. The summed E-state index contributed by atoms with van der Waals surface area (Å²) in [5.74, 6) is 2.16. The van der Waals surface area contributed by atoms with Crippen LogP contribution in [0.5, 0.6) is 0 Å². The Kier molecular flexibility index (Phi) is 15.6. The largest absolute Gasteiger partial charge is 0.381 e. The van der Waals surface area contributed by atoms with Crippen molar-refractivity contribution in [2.24, 2.45) is 5.10 Å². The zero-order chi connectivity index (χ0) is 31.9. The maximum Gasteiger partial charge on any atom is 0.249 e. The SMILES string of the molecule is C#CC.C=NN(C1=C(CC)C(=O)NC(C)/C1=C\C(C=O)=C(C)C)C1CCOCC1.Cc1nc(CN2CCN(C)CC2)cs1. The monoisotopic (exact) mass is 610 g/mol. The minimum atomic E-state index is -0.216. The molecule has 43 heavy (non-hydrogen) atoms. The number of allylic oxidation sites excluding steroid dienone is 3. The van der Waals surface area contributed by atoms with Crippen molar-refractivity contribution in [3.05, 3.63) is 50.1 Å². The number of amides is 1. The lowest BCUT2D eigenvalue weighted by molar-refractivity contribution is -0.118. The Hall–Kier alpha value is -3.10. The molecular formula is C33H50N6O3S. The lowest BCUT2D eigenvalue weighted by atomic mass is 9.90. The molecule has 2 saturated heterocycles. The third-order valence-electron chi connectivity index (χ3n) is 7.58. The molecule has 10 heteroatoms. The van der Waals surface area contributed by atoms with Gasteiger partial charge in [-0.3, -0.25) is 19.5 Å². The highest BCUT2D eigenvalue weighted by Crippen LogP contribution is 2.33. The Morgan fingerprint density at radius 3 is 2.42 bits per heavy atom. The van der Waals surface area contributed by atoms with E-state index in [1.165, 1.54) is 36.9 Å². The van der Waals surface area contributed by atoms with Crippen molar-refractivity contribution >= 4 is 30.2 Å². The summed E-state index contributed by atoms with van der Waals surface area (Å²) in [6.07, 6.45) is 9.55. The number of piperazine rings is 1. The number of hydrogen-bond donors (Lipinski definition) is 1. The van der Waals surface area contributed by atoms with Crippen LogP contribution in [0.15, 0.2) is 44.5 Å². The number of aldehydes is 1. The second-order valence-electron chi connectivity index (χ2n) is 11.1. The molecule has 3 aliphatic rings. The molecule has 236 valence electrons. The van der Waals surface area contributed by atoms with Crippen LogP contribution in [0.1, 0.15) is 64.6 Å². The molecule has 0 aromatic carbocycles. The van der Waals surface area contributed by atoms with Crippen LogP contribution in [0, 0.1) is 19.3 Å². The number of hydrogen-bond acceptors (Lipinski definition) is 9. The Morgan fingerprint density at radius 2 is 1.93 bits per heavy atom. The van der Waals surface area contributed by atoms with E-state index >= 15 is 0 Å². The van der Waals surface area contributed by atoms with Crippen molar-refractivity contribution in [2.75, 3.05) is 46.4 Å². The first-order valence-electron chi connectivity index (χ1n) is 15.0. The molecule has 1 aromatic heterocycles. The first-order valence-corrected chi connectivity index (χ1v) is 15.9. The smallest absolute Gasteiger partial charge is 0.249 e. The van der Waals surface area contributed by atoms with Crippen molar-refractivity contribution < 1.29 is 14.3 Å². The molecule has 0 spiro atoms. The Balaban J connectivity index is 0.000000316. The Bertz CT molecular complexity index is 1210. The lowest BCUT2D eigenvalue weighted by Crippen LogP contribution is -2.46. The zero-order valence-electron chi connectivity index (χ0n) is 27.1. The quantitative estimate of drug-likeness (QED) is 0.152. The number of aryl methyl sites for hydroxylation is 1. The van der Waals surface area contributed by atoms with Crippen LogP contribution >= 0.6 is 11.3 Å². The van der Waals surface area contributed by atoms with Gasteiger partial charge in [0.15, 0.2) is 0 Å². The average molecular weight is 611 g/mol. The number of carbonyl (C=O) groups excluding carboxylic acids is 2. The second-order valence-corrected chi connectivity index (χ2v) is 12.2. The van der Waals surface area contributed by atoms with Crippen LogP contribution in [-0.2, 0) is 20.9 Å². The van der Waals surface area contributed by atoms with Gasteiger partial charge >= 0.3 is 0 Å². The maximum atomic E-state index is 12.6. The molecule has 3 aliphatic heterocycles. The van der Waals surface area contributed by atoms with Gasteiger partial charge in [0.2, 0.25) is 5.91 Å². The van der Waals surface area contributed by atoms with Gasteiger partial charge in [0.05, 0.1) is 28.5 Å². The van der Waals surface area contributed by atoms with Crippen molar-refractivity contribution in [1.82, 2.24) is 25.1 Å². The van der Waals surface area contributed by atoms with Crippen molar-refractivity contribution in [1.29, 1.82) is 0 Å². The summed E-state index contributed by atoms with van der Waals surface area (Å²) in [4.78, 5) is 33.5. The summed E-state index contributed by atoms with van der Waals surface area (Å²) in [6.45, 7) is 22.2. The van der Waals surface area contributed by atoms with Gasteiger partial charge in [0, 0.05) is 74.8 Å². The summed E-state index contributed by atoms with van der Waals surface area (Å²) in [5, 5.41) is 12.5. The highest BCUT2D eigenvalue weighted by Gasteiger charge is 2.34. The number of likely N-dealkylation sites (N-methyl/N-ethyl adjacent to an activating group) is 1. The molecule has 2 fully saturated rings. The predicted octanol–water partition coefficient (Wildman–Crippen LogP) is 4.57. The van der Waals surface area contributed by atoms with E-state index in [4.69, 9.17) is 4.74 Å². The fourth-order valence-corrected chi connectivity index (χ4v) is 5.72. The minimum Gasteiger partial charge on any atom is -0.381 e. The number of nitrogens with one attached hydrogen (secondary N) is 1. The Labute approximate surface area is 262 Å². The van der Waals surface area contributed by atoms with Gasteiger partial charge < -0.3 is 15.0 Å². The number of terminal acetylenes is 1. The van der Waals surface area contributed by atoms with E-state index in [-0.39, 0.29) is 18.0 Å². The maximum absolute atomic E-state index is 12.6. The third-order valence-corrected chi connectivity index (χ3v) is 8.40. The van der Waals surface area contributed by atoms with E-state index in [2.05, 4.69) is 63.6 Å². The molecule has 1 atom stereocenters. The van der Waals surface area contributed by atoms with Gasteiger partial charge in [0.1, 0.15) is 6.29 Å². The van der Waals surface area contributed by atoms with Gasteiger partial charge in [-0.2, -0.15) is 5.10 Å². The summed E-state index contributed by atoms with van der Waals surface area (Å²) in [6, 6.07) is -0.0862. The van der Waals surface area contributed by atoms with Crippen LogP contribution < -0.4 is 5.32 Å². The fraction of sp³-hybridized carbons (Fsp3) is 0.576. The van der Waals surface area contributed by atoms with Crippen molar-refractivity contribution in [3.63, 3.8) is 0 Å². The molecule has 1 aromatic rings. The van der Waals surface area contributed by atoms with E-state index in [0.29, 0.717) is 30.8 Å². The number of ether oxygens (including phenoxy) is 1. The van der Waals surface area contributed by atoms with Crippen molar-refractivity contribution in [3.8, 4) is 12.3 Å². The average Bonchev–Trinajstić information content (AvgIpc) is 3.40. The second kappa shape index (κ2) is 18.5. The lowest BCUT2D eigenvalue weighted by Gasteiger charge is -2.39. The molecule has 0 aliphatic carbocycles. The predicted molar refractivity (Wildman–Crippen MR) is 177 cm³/mol. The summed E-state index contributed by atoms with van der Waals surface area (Å²) in [7, 11) is 2.18. The molecule has 9 nitrogen and oxygen atoms in total. The molecule has 1 N–H and O–H groups in total. The van der Waals surface area contributed by atoms with Gasteiger partial charge in [-0.15, -0.1) is 23.7 Å². The van der Waals surface area contributed by atoms with Gasteiger partial charge in [-0.25, -0.2) is 4.98 Å². The van der Waals surface area contributed by atoms with Crippen LogP contribution in [0.2, 0.25) is 0 Å². The zero-order valence-corrected chi connectivity index (χ0v) is 27.9. The van der Waals surface area contributed by atoms with Crippen molar-refractivity contribution in [2.45, 2.75) is 79.4 Å². The molecule has 0 bridgehead atoms. The van der Waals surface area contributed by atoms with E-state index in [9.17, 15) is 9.59 Å². The molecule has 4 rings (SSSR count). The fourth-order valence-electron chi connectivity index (χ4n) is 5.12. The number of aromatic nitrogens is 1. The highest BCUT2D eigenvalue weighted by atomic mass is 32.1. The molecule has 0 radical (unpaired) electrons. The molecule has 1 unspecified atom stereocenters. The molecular weight excluding hydrogens is 560 g/mol. The number of rotatable bonds is 8. The van der Waals surface area contributed by atoms with Gasteiger partial charge in [-0.1, -0.05) is 12.5 Å². The van der Waals surface area contributed by atoms with Crippen LogP contribution in [0.25, 0.3) is 0 Å². The van der Waals surface area contributed by atoms with Gasteiger partial charge in [-0.05, 0) is 67.0 Å². The number of thiazole rings is 1. The first kappa shape index (κ1) is 36.1. The number of hydrazone groups is 1. The molecule has 1 amide bonds. The Morgan fingerprint density at radius 1 is 1.30 bits per heavy atom. The summed E-state index contributed by atoms with van der Waals surface area (Å²) < 4.78 is 5.46. The topological polar surface area (TPSA) is 90.4 Å². The van der Waals surface area contributed by atoms with E-state index in [0.717, 1.165) is 42.5 Å². The number of carbonyl (C=O) groups is 2. The van der Waals surface area contributed by atoms with E-state index < -0.39 is 0 Å². The third kappa shape index (κ3) is 10.8. The standard InChI is InChI=1S/C20H29N3O3.C10H17N3S.C3H4/c1-6-17-19(23(21-5)16-7-9-26-10-8-16)18(14(4)22-20(17)25)11-15(12-24)13(2)3;1-9-11-10(8-14-9)7-13-5-3-12(2)4-6-13;1-3-2/h11-12,14,16H,5-10H2,1-4H3,(H,22,25);8H,3-7H2,1-2H3;1H,2H3/b18-11+;;. The van der Waals surface area contributed by atoms with Crippen LogP contribution in [0.3, 0.4) is 0 Å². The van der Waals surface area contributed by atoms with Gasteiger partial charge in [0.25, 0.3) is 0 Å². The van der Waals surface area contributed by atoms with Crippen LogP contribution in [0.4, 0.5) is 0 Å². The minimum absolute atomic E-state index is 0.0855. The molecule has 4 heterocycles.